The molecule has 2 N–H and O–H groups in total. The molecule has 0 spiro atoms. The summed E-state index contributed by atoms with van der Waals surface area (Å²) >= 11 is 0. The van der Waals surface area contributed by atoms with E-state index < -0.39 is 0 Å². The third kappa shape index (κ3) is 3.28. The highest BCUT2D eigenvalue weighted by Gasteiger charge is 2.01. The topological polar surface area (TPSA) is 66.9 Å². The molecule has 92 valence electrons. The molecular weight excluding hydrogens is 228 g/mol. The predicted molar refractivity (Wildman–Crippen MR) is 69.5 cm³/mol. The van der Waals surface area contributed by atoms with Crippen molar-refractivity contribution in [2.75, 3.05) is 12.4 Å². The Balaban J connectivity index is 2.02. The summed E-state index contributed by atoms with van der Waals surface area (Å²) in [6, 6.07) is 9.36. The van der Waals surface area contributed by atoms with Gasteiger partial charge in [0.15, 0.2) is 0 Å². The van der Waals surface area contributed by atoms with Crippen LogP contribution >= 0.6 is 0 Å². The Labute approximate surface area is 105 Å². The monoisotopic (exact) mass is 242 g/mol. The van der Waals surface area contributed by atoms with Gasteiger partial charge < -0.3 is 10.6 Å². The molecule has 0 fully saturated rings. The highest BCUT2D eigenvalue weighted by molar-refractivity contribution is 5.78. The molecule has 2 aromatic rings. The van der Waals surface area contributed by atoms with Crippen LogP contribution in [0.25, 0.3) is 0 Å². The Kier molecular flexibility index (Phi) is 3.86. The van der Waals surface area contributed by atoms with Crippen molar-refractivity contribution in [2.45, 2.75) is 6.42 Å². The minimum absolute atomic E-state index is 0.00195. The Morgan fingerprint density at radius 1 is 1.17 bits per heavy atom. The number of anilines is 2. The first-order valence-corrected chi connectivity index (χ1v) is 5.61. The SMILES string of the molecule is CNC(=O)Cc1ccc(Nc2ncccn2)cc1. The van der Waals surface area contributed by atoms with Gasteiger partial charge in [-0.05, 0) is 23.8 Å². The van der Waals surface area contributed by atoms with E-state index >= 15 is 0 Å². The molecule has 5 nitrogen and oxygen atoms in total. The van der Waals surface area contributed by atoms with Gasteiger partial charge in [-0.1, -0.05) is 12.1 Å². The zero-order valence-corrected chi connectivity index (χ0v) is 10.1. The molecule has 0 atom stereocenters. The standard InChI is InChI=1S/C13H14N4O/c1-14-12(18)9-10-3-5-11(6-4-10)17-13-15-7-2-8-16-13/h2-8H,9H2,1H3,(H,14,18)(H,15,16,17). The maximum absolute atomic E-state index is 11.2. The highest BCUT2D eigenvalue weighted by Crippen LogP contribution is 2.13. The molecule has 18 heavy (non-hydrogen) atoms. The van der Waals surface area contributed by atoms with Crippen LogP contribution in [0.3, 0.4) is 0 Å². The van der Waals surface area contributed by atoms with E-state index in [2.05, 4.69) is 20.6 Å². The van der Waals surface area contributed by atoms with Gasteiger partial charge in [-0.3, -0.25) is 4.79 Å². The number of nitrogens with zero attached hydrogens (tertiary/aromatic N) is 2. The molecule has 5 heteroatoms. The van der Waals surface area contributed by atoms with Crippen molar-refractivity contribution < 1.29 is 4.79 Å². The summed E-state index contributed by atoms with van der Waals surface area (Å²) in [4.78, 5) is 19.4. The summed E-state index contributed by atoms with van der Waals surface area (Å²) in [5.74, 6) is 0.554. The number of hydrogen-bond donors (Lipinski definition) is 2. The molecule has 1 aromatic heterocycles. The minimum atomic E-state index is 0.00195. The highest BCUT2D eigenvalue weighted by atomic mass is 16.1. The van der Waals surface area contributed by atoms with Gasteiger partial charge >= 0.3 is 0 Å². The van der Waals surface area contributed by atoms with Gasteiger partial charge in [0.05, 0.1) is 6.42 Å². The van der Waals surface area contributed by atoms with Crippen LogP contribution in [0.1, 0.15) is 5.56 Å². The van der Waals surface area contributed by atoms with Crippen LogP contribution in [0.15, 0.2) is 42.7 Å². The van der Waals surface area contributed by atoms with Gasteiger partial charge in [-0.2, -0.15) is 0 Å². The number of benzene rings is 1. The zero-order valence-electron chi connectivity index (χ0n) is 10.1. The number of carbonyl (C=O) groups excluding carboxylic acids is 1. The quantitative estimate of drug-likeness (QED) is 0.852. The molecule has 1 aromatic carbocycles. The summed E-state index contributed by atoms with van der Waals surface area (Å²) < 4.78 is 0. The van der Waals surface area contributed by atoms with Crippen molar-refractivity contribution in [2.24, 2.45) is 0 Å². The second kappa shape index (κ2) is 5.77. The summed E-state index contributed by atoms with van der Waals surface area (Å²) in [6.45, 7) is 0. The van der Waals surface area contributed by atoms with Crippen molar-refractivity contribution in [1.82, 2.24) is 15.3 Å². The molecule has 0 aliphatic heterocycles. The number of amides is 1. The van der Waals surface area contributed by atoms with Gasteiger partial charge in [-0.25, -0.2) is 9.97 Å². The van der Waals surface area contributed by atoms with E-state index in [0.29, 0.717) is 12.4 Å². The normalized spacial score (nSPS) is 9.83. The van der Waals surface area contributed by atoms with Gasteiger partial charge in [0, 0.05) is 25.1 Å². The maximum atomic E-state index is 11.2. The van der Waals surface area contributed by atoms with Crippen LogP contribution in [0.2, 0.25) is 0 Å². The molecule has 2 rings (SSSR count). The fourth-order valence-electron chi connectivity index (χ4n) is 1.47. The summed E-state index contributed by atoms with van der Waals surface area (Å²) in [6.07, 6.45) is 3.74. The summed E-state index contributed by atoms with van der Waals surface area (Å²) in [7, 11) is 1.63. The molecule has 0 radical (unpaired) electrons. The number of carbonyl (C=O) groups is 1. The summed E-state index contributed by atoms with van der Waals surface area (Å²) in [5, 5.41) is 5.67. The lowest BCUT2D eigenvalue weighted by Gasteiger charge is -2.05. The zero-order chi connectivity index (χ0) is 12.8. The van der Waals surface area contributed by atoms with E-state index in [4.69, 9.17) is 0 Å². The number of likely N-dealkylation sites (N-methyl/N-ethyl adjacent to an activating group) is 1. The fraction of sp³-hybridized carbons (Fsp3) is 0.154. The largest absolute Gasteiger partial charge is 0.359 e. The number of nitrogens with one attached hydrogen (secondary N) is 2. The van der Waals surface area contributed by atoms with Crippen molar-refractivity contribution in [3.63, 3.8) is 0 Å². The second-order valence-electron chi connectivity index (χ2n) is 3.74. The van der Waals surface area contributed by atoms with Crippen LogP contribution in [-0.2, 0) is 11.2 Å². The Bertz CT molecular complexity index is 510. The predicted octanol–water partition coefficient (Wildman–Crippen LogP) is 1.51. The fourth-order valence-corrected chi connectivity index (χ4v) is 1.47. The molecule has 0 aliphatic rings. The molecule has 0 saturated heterocycles. The summed E-state index contributed by atoms with van der Waals surface area (Å²) in [5.41, 5.74) is 1.86. The lowest BCUT2D eigenvalue weighted by Crippen LogP contribution is -2.19. The van der Waals surface area contributed by atoms with E-state index in [0.717, 1.165) is 11.3 Å². The first-order chi connectivity index (χ1) is 8.78. The lowest BCUT2D eigenvalue weighted by atomic mass is 10.1. The third-order valence-electron chi connectivity index (χ3n) is 2.42. The second-order valence-corrected chi connectivity index (χ2v) is 3.74. The van der Waals surface area contributed by atoms with Crippen LogP contribution in [0.4, 0.5) is 11.6 Å². The van der Waals surface area contributed by atoms with Crippen LogP contribution < -0.4 is 10.6 Å². The first kappa shape index (κ1) is 12.0. The average molecular weight is 242 g/mol. The molecule has 0 saturated carbocycles. The lowest BCUT2D eigenvalue weighted by molar-refractivity contribution is -0.119. The minimum Gasteiger partial charge on any atom is -0.359 e. The molecule has 0 aliphatic carbocycles. The molecule has 1 heterocycles. The van der Waals surface area contributed by atoms with Crippen LogP contribution in [0, 0.1) is 0 Å². The van der Waals surface area contributed by atoms with E-state index in [9.17, 15) is 4.79 Å². The van der Waals surface area contributed by atoms with Crippen LogP contribution in [0.5, 0.6) is 0 Å². The molecule has 1 amide bonds. The van der Waals surface area contributed by atoms with Gasteiger partial charge in [0.1, 0.15) is 0 Å². The number of rotatable bonds is 4. The Morgan fingerprint density at radius 3 is 2.44 bits per heavy atom. The van der Waals surface area contributed by atoms with Gasteiger partial charge in [-0.15, -0.1) is 0 Å². The van der Waals surface area contributed by atoms with E-state index in [1.165, 1.54) is 0 Å². The maximum Gasteiger partial charge on any atom is 0.227 e. The smallest absolute Gasteiger partial charge is 0.227 e. The van der Waals surface area contributed by atoms with Gasteiger partial charge in [0.25, 0.3) is 0 Å². The van der Waals surface area contributed by atoms with Crippen molar-refractivity contribution in [3.05, 3.63) is 48.3 Å². The van der Waals surface area contributed by atoms with Gasteiger partial charge in [0.2, 0.25) is 11.9 Å². The van der Waals surface area contributed by atoms with E-state index in [1.807, 2.05) is 24.3 Å². The molecular formula is C13H14N4O. The third-order valence-corrected chi connectivity index (χ3v) is 2.42. The average Bonchev–Trinajstić information content (AvgIpc) is 2.42. The molecule has 0 unspecified atom stereocenters. The van der Waals surface area contributed by atoms with Crippen molar-refractivity contribution in [3.8, 4) is 0 Å². The number of aromatic nitrogens is 2. The van der Waals surface area contributed by atoms with E-state index in [1.54, 1.807) is 25.5 Å². The van der Waals surface area contributed by atoms with Crippen molar-refractivity contribution in [1.29, 1.82) is 0 Å². The Hall–Kier alpha value is -2.43. The van der Waals surface area contributed by atoms with Crippen LogP contribution in [-0.4, -0.2) is 22.9 Å². The van der Waals surface area contributed by atoms with E-state index in [-0.39, 0.29) is 5.91 Å². The molecule has 0 bridgehead atoms. The first-order valence-electron chi connectivity index (χ1n) is 5.61. The number of hydrogen-bond acceptors (Lipinski definition) is 4. The van der Waals surface area contributed by atoms with Crippen molar-refractivity contribution >= 4 is 17.5 Å². The Morgan fingerprint density at radius 2 is 1.83 bits per heavy atom.